The highest BCUT2D eigenvalue weighted by Gasteiger charge is 2.23. The Balaban J connectivity index is 1.73. The summed E-state index contributed by atoms with van der Waals surface area (Å²) in [4.78, 5) is 17.8. The first-order valence-electron chi connectivity index (χ1n) is 9.03. The molecule has 0 bridgehead atoms. The third kappa shape index (κ3) is 4.80. The molecule has 1 heterocycles. The summed E-state index contributed by atoms with van der Waals surface area (Å²) in [6.45, 7) is 2.01. The second-order valence-electron chi connectivity index (χ2n) is 6.74. The number of fused-ring (bicyclic) bond motifs is 2. The van der Waals surface area contributed by atoms with Gasteiger partial charge in [-0.05, 0) is 56.7 Å². The first kappa shape index (κ1) is 18.8. The highest BCUT2D eigenvalue weighted by atomic mass is 32.2. The SMILES string of the molecule is CN(C)CCCCOC(=O)N1Cc2ccccc2CSc2ccccc21. The van der Waals surface area contributed by atoms with Crippen LogP contribution in [0.3, 0.4) is 0 Å². The van der Waals surface area contributed by atoms with Gasteiger partial charge in [-0.1, -0.05) is 36.4 Å². The number of hydrogen-bond acceptors (Lipinski definition) is 4. The fourth-order valence-electron chi connectivity index (χ4n) is 3.00. The van der Waals surface area contributed by atoms with Gasteiger partial charge in [0, 0.05) is 10.6 Å². The maximum atomic E-state index is 12.8. The van der Waals surface area contributed by atoms with Crippen LogP contribution < -0.4 is 4.90 Å². The van der Waals surface area contributed by atoms with Gasteiger partial charge >= 0.3 is 6.09 Å². The molecule has 138 valence electrons. The first-order valence-corrected chi connectivity index (χ1v) is 10.0. The number of carbonyl (C=O) groups is 1. The Hall–Kier alpha value is -1.98. The van der Waals surface area contributed by atoms with Gasteiger partial charge in [-0.2, -0.15) is 0 Å². The Morgan fingerprint density at radius 1 is 1.08 bits per heavy atom. The molecule has 0 saturated carbocycles. The molecule has 2 aromatic carbocycles. The number of carbonyl (C=O) groups excluding carboxylic acids is 1. The molecule has 0 aliphatic carbocycles. The van der Waals surface area contributed by atoms with Crippen molar-refractivity contribution in [2.75, 3.05) is 32.1 Å². The maximum absolute atomic E-state index is 12.8. The second kappa shape index (κ2) is 9.10. The van der Waals surface area contributed by atoms with Crippen LogP contribution in [-0.2, 0) is 17.0 Å². The number of hydrogen-bond donors (Lipinski definition) is 0. The molecule has 0 atom stereocenters. The van der Waals surface area contributed by atoms with Gasteiger partial charge in [0.2, 0.25) is 0 Å². The van der Waals surface area contributed by atoms with Crippen molar-refractivity contribution in [3.05, 3.63) is 59.7 Å². The summed E-state index contributed by atoms with van der Waals surface area (Å²) in [6, 6.07) is 16.4. The number of anilines is 1. The minimum atomic E-state index is -0.264. The van der Waals surface area contributed by atoms with Crippen LogP contribution in [0.15, 0.2) is 53.4 Å². The van der Waals surface area contributed by atoms with Crippen molar-refractivity contribution in [3.63, 3.8) is 0 Å². The molecule has 0 spiro atoms. The molecule has 2 aromatic rings. The van der Waals surface area contributed by atoms with Crippen molar-refractivity contribution in [1.82, 2.24) is 4.90 Å². The predicted octanol–water partition coefficient (Wildman–Crippen LogP) is 4.78. The van der Waals surface area contributed by atoms with Gasteiger partial charge in [0.05, 0.1) is 18.8 Å². The standard InChI is InChI=1S/C21H26N2O2S/c1-22(2)13-7-8-14-25-21(24)23-15-17-9-3-4-10-18(17)16-26-20-12-6-5-11-19(20)23/h3-6,9-12H,7-8,13-16H2,1-2H3. The van der Waals surface area contributed by atoms with Crippen LogP contribution >= 0.6 is 11.8 Å². The summed E-state index contributed by atoms with van der Waals surface area (Å²) in [5.74, 6) is 0.917. The Kier molecular flexibility index (Phi) is 6.58. The molecule has 4 nitrogen and oxygen atoms in total. The average molecular weight is 371 g/mol. The Bertz CT molecular complexity index is 748. The zero-order chi connectivity index (χ0) is 18.4. The summed E-state index contributed by atoms with van der Waals surface area (Å²) in [5.41, 5.74) is 3.39. The molecular weight excluding hydrogens is 344 g/mol. The minimum Gasteiger partial charge on any atom is -0.449 e. The molecular formula is C21H26N2O2S. The van der Waals surface area contributed by atoms with Crippen molar-refractivity contribution in [2.45, 2.75) is 30.0 Å². The molecule has 26 heavy (non-hydrogen) atoms. The molecule has 1 amide bonds. The normalized spacial score (nSPS) is 13.6. The minimum absolute atomic E-state index is 0.264. The fourth-order valence-corrected chi connectivity index (χ4v) is 4.09. The van der Waals surface area contributed by atoms with Crippen molar-refractivity contribution in [3.8, 4) is 0 Å². The van der Waals surface area contributed by atoms with Crippen LogP contribution in [0.5, 0.6) is 0 Å². The molecule has 0 saturated heterocycles. The van der Waals surface area contributed by atoms with Crippen molar-refractivity contribution in [1.29, 1.82) is 0 Å². The lowest BCUT2D eigenvalue weighted by molar-refractivity contribution is 0.150. The maximum Gasteiger partial charge on any atom is 0.414 e. The van der Waals surface area contributed by atoms with E-state index in [0.29, 0.717) is 13.2 Å². The van der Waals surface area contributed by atoms with Crippen LogP contribution in [0.25, 0.3) is 0 Å². The van der Waals surface area contributed by atoms with E-state index in [1.54, 1.807) is 16.7 Å². The molecule has 0 fully saturated rings. The van der Waals surface area contributed by atoms with E-state index in [4.69, 9.17) is 4.74 Å². The third-order valence-electron chi connectivity index (χ3n) is 4.43. The van der Waals surface area contributed by atoms with E-state index in [1.807, 2.05) is 24.3 Å². The molecule has 1 aliphatic heterocycles. The Morgan fingerprint density at radius 3 is 2.62 bits per heavy atom. The van der Waals surface area contributed by atoms with Crippen LogP contribution in [-0.4, -0.2) is 38.2 Å². The largest absolute Gasteiger partial charge is 0.449 e. The van der Waals surface area contributed by atoms with E-state index in [0.717, 1.165) is 35.7 Å². The lowest BCUT2D eigenvalue weighted by Crippen LogP contribution is -2.32. The number of benzene rings is 2. The molecule has 0 radical (unpaired) electrons. The monoisotopic (exact) mass is 370 g/mol. The van der Waals surface area contributed by atoms with E-state index < -0.39 is 0 Å². The van der Waals surface area contributed by atoms with Crippen molar-refractivity contribution in [2.24, 2.45) is 0 Å². The van der Waals surface area contributed by atoms with Gasteiger partial charge in [-0.25, -0.2) is 4.79 Å². The fraction of sp³-hybridized carbons (Fsp3) is 0.381. The highest BCUT2D eigenvalue weighted by molar-refractivity contribution is 7.98. The van der Waals surface area contributed by atoms with Crippen LogP contribution in [0, 0.1) is 0 Å². The van der Waals surface area contributed by atoms with E-state index >= 15 is 0 Å². The van der Waals surface area contributed by atoms with Gasteiger partial charge < -0.3 is 9.64 Å². The number of rotatable bonds is 5. The summed E-state index contributed by atoms with van der Waals surface area (Å²) in [7, 11) is 4.11. The van der Waals surface area contributed by atoms with Gasteiger partial charge in [0.15, 0.2) is 0 Å². The summed E-state index contributed by atoms with van der Waals surface area (Å²) in [6.07, 6.45) is 1.64. The zero-order valence-electron chi connectivity index (χ0n) is 15.5. The number of amides is 1. The van der Waals surface area contributed by atoms with Crippen molar-refractivity contribution >= 4 is 23.5 Å². The molecule has 0 aromatic heterocycles. The number of ether oxygens (including phenoxy) is 1. The average Bonchev–Trinajstić information content (AvgIpc) is 2.63. The van der Waals surface area contributed by atoms with Crippen molar-refractivity contribution < 1.29 is 9.53 Å². The summed E-state index contributed by atoms with van der Waals surface area (Å²) in [5, 5.41) is 0. The highest BCUT2D eigenvalue weighted by Crippen LogP contribution is 2.36. The molecule has 0 unspecified atom stereocenters. The molecule has 0 N–H and O–H groups in total. The Labute approximate surface area is 160 Å². The number of thioether (sulfide) groups is 1. The summed E-state index contributed by atoms with van der Waals surface area (Å²) >= 11 is 1.77. The predicted molar refractivity (Wildman–Crippen MR) is 108 cm³/mol. The smallest absolute Gasteiger partial charge is 0.414 e. The second-order valence-corrected chi connectivity index (χ2v) is 7.75. The van der Waals surface area contributed by atoms with Crippen LogP contribution in [0.4, 0.5) is 10.5 Å². The quantitative estimate of drug-likeness (QED) is 0.709. The van der Waals surface area contributed by atoms with Gasteiger partial charge in [-0.3, -0.25) is 4.90 Å². The first-order chi connectivity index (χ1) is 12.6. The van der Waals surface area contributed by atoms with Crippen LogP contribution in [0.2, 0.25) is 0 Å². The number of nitrogens with zero attached hydrogens (tertiary/aromatic N) is 2. The zero-order valence-corrected chi connectivity index (χ0v) is 16.3. The molecule has 5 heteroatoms. The Morgan fingerprint density at radius 2 is 1.81 bits per heavy atom. The topological polar surface area (TPSA) is 32.8 Å². The van der Waals surface area contributed by atoms with E-state index in [-0.39, 0.29) is 6.09 Å². The third-order valence-corrected chi connectivity index (χ3v) is 5.54. The van der Waals surface area contributed by atoms with E-state index in [9.17, 15) is 4.79 Å². The van der Waals surface area contributed by atoms with E-state index in [1.165, 1.54) is 11.1 Å². The van der Waals surface area contributed by atoms with Gasteiger partial charge in [0.25, 0.3) is 0 Å². The molecule has 3 rings (SSSR count). The molecule has 1 aliphatic rings. The van der Waals surface area contributed by atoms with Gasteiger partial charge in [-0.15, -0.1) is 11.8 Å². The number of unbranched alkanes of at least 4 members (excludes halogenated alkanes) is 1. The van der Waals surface area contributed by atoms with E-state index in [2.05, 4.69) is 43.3 Å². The number of para-hydroxylation sites is 1. The van der Waals surface area contributed by atoms with Crippen LogP contribution in [0.1, 0.15) is 24.0 Å². The van der Waals surface area contributed by atoms with Gasteiger partial charge in [0.1, 0.15) is 0 Å². The lowest BCUT2D eigenvalue weighted by Gasteiger charge is -2.27. The summed E-state index contributed by atoms with van der Waals surface area (Å²) < 4.78 is 5.59. The lowest BCUT2D eigenvalue weighted by atomic mass is 10.1.